The molecule has 7 heteroatoms. The molecule has 0 bridgehead atoms. The predicted octanol–water partition coefficient (Wildman–Crippen LogP) is 4.20. The number of hydrogen-bond donors (Lipinski definition) is 1. The lowest BCUT2D eigenvalue weighted by atomic mass is 9.99. The van der Waals surface area contributed by atoms with E-state index in [1.54, 1.807) is 11.0 Å². The second-order valence-electron chi connectivity index (χ2n) is 7.86. The molecule has 6 nitrogen and oxygen atoms in total. The number of ether oxygens (including phenoxy) is 1. The average Bonchev–Trinajstić information content (AvgIpc) is 3.24. The van der Waals surface area contributed by atoms with Crippen molar-refractivity contribution in [3.63, 3.8) is 0 Å². The molecule has 0 aromatic heterocycles. The standard InChI is InChI=1S/C25H26N2O4S/c1-18-10-12-20(13-11-18)25(19-7-4-3-5-8-19)26-32(29,30)21-14-15-23(31-2)22(17-21)27-16-6-9-24(27)28/h3-5,7-8,10-15,17,25-26H,6,9,16H2,1-2H3/t25-/m1/s1. The highest BCUT2D eigenvalue weighted by Crippen LogP contribution is 2.34. The van der Waals surface area contributed by atoms with Gasteiger partial charge in [0.05, 0.1) is 23.7 Å². The quantitative estimate of drug-likeness (QED) is 0.585. The Balaban J connectivity index is 1.73. The minimum Gasteiger partial charge on any atom is -0.495 e. The van der Waals surface area contributed by atoms with E-state index in [-0.39, 0.29) is 10.8 Å². The summed E-state index contributed by atoms with van der Waals surface area (Å²) in [6.07, 6.45) is 1.18. The largest absolute Gasteiger partial charge is 0.495 e. The van der Waals surface area contributed by atoms with Gasteiger partial charge in [0.2, 0.25) is 15.9 Å². The van der Waals surface area contributed by atoms with E-state index in [1.165, 1.54) is 19.2 Å². The topological polar surface area (TPSA) is 75.7 Å². The predicted molar refractivity (Wildman–Crippen MR) is 124 cm³/mol. The number of carbonyl (C=O) groups excluding carboxylic acids is 1. The van der Waals surface area contributed by atoms with Gasteiger partial charge in [-0.2, -0.15) is 4.72 Å². The first-order chi connectivity index (χ1) is 15.4. The fraction of sp³-hybridized carbons (Fsp3) is 0.240. The molecule has 1 amide bonds. The first-order valence-corrected chi connectivity index (χ1v) is 12.0. The average molecular weight is 451 g/mol. The van der Waals surface area contributed by atoms with E-state index >= 15 is 0 Å². The summed E-state index contributed by atoms with van der Waals surface area (Å²) in [7, 11) is -2.40. The van der Waals surface area contributed by atoms with Gasteiger partial charge >= 0.3 is 0 Å². The van der Waals surface area contributed by atoms with Crippen LogP contribution in [0.5, 0.6) is 5.75 Å². The summed E-state index contributed by atoms with van der Waals surface area (Å²) in [4.78, 5) is 14.0. The highest BCUT2D eigenvalue weighted by molar-refractivity contribution is 7.89. The molecule has 1 atom stereocenters. The summed E-state index contributed by atoms with van der Waals surface area (Å²) in [5.41, 5.74) is 3.25. The maximum Gasteiger partial charge on any atom is 0.241 e. The number of methoxy groups -OCH3 is 1. The van der Waals surface area contributed by atoms with Crippen molar-refractivity contribution in [3.05, 3.63) is 89.5 Å². The Morgan fingerprint density at radius 1 is 0.969 bits per heavy atom. The second-order valence-corrected chi connectivity index (χ2v) is 9.57. The van der Waals surface area contributed by atoms with Crippen molar-refractivity contribution in [1.82, 2.24) is 4.72 Å². The zero-order valence-electron chi connectivity index (χ0n) is 18.1. The fourth-order valence-electron chi connectivity index (χ4n) is 3.91. The second kappa shape index (κ2) is 9.14. The zero-order valence-corrected chi connectivity index (χ0v) is 18.9. The van der Waals surface area contributed by atoms with Crippen molar-refractivity contribution in [1.29, 1.82) is 0 Å². The number of rotatable bonds is 7. The molecule has 3 aromatic carbocycles. The normalized spacial score (nSPS) is 15.1. The molecule has 0 aliphatic carbocycles. The van der Waals surface area contributed by atoms with Crippen molar-refractivity contribution in [2.45, 2.75) is 30.7 Å². The van der Waals surface area contributed by atoms with Crippen LogP contribution in [-0.4, -0.2) is 28.0 Å². The SMILES string of the molecule is COc1ccc(S(=O)(=O)N[C@H](c2ccccc2)c2ccc(C)cc2)cc1N1CCCC1=O. The Labute approximate surface area is 188 Å². The van der Waals surface area contributed by atoms with Crippen LogP contribution in [0.3, 0.4) is 0 Å². The molecule has 0 radical (unpaired) electrons. The zero-order chi connectivity index (χ0) is 22.7. The molecule has 0 unspecified atom stereocenters. The number of aryl methyl sites for hydroxylation is 1. The Kier molecular flexibility index (Phi) is 6.30. The molecular weight excluding hydrogens is 424 g/mol. The third-order valence-corrected chi connectivity index (χ3v) is 7.06. The number of nitrogens with zero attached hydrogens (tertiary/aromatic N) is 1. The van der Waals surface area contributed by atoms with Crippen LogP contribution in [0.15, 0.2) is 77.7 Å². The number of nitrogens with one attached hydrogen (secondary N) is 1. The van der Waals surface area contributed by atoms with Gasteiger partial charge in [-0.1, -0.05) is 60.2 Å². The molecule has 1 saturated heterocycles. The van der Waals surface area contributed by atoms with Crippen molar-refractivity contribution >= 4 is 21.6 Å². The third kappa shape index (κ3) is 4.54. The van der Waals surface area contributed by atoms with Crippen molar-refractivity contribution in [3.8, 4) is 5.75 Å². The number of carbonyl (C=O) groups is 1. The Morgan fingerprint density at radius 3 is 2.28 bits per heavy atom. The molecule has 32 heavy (non-hydrogen) atoms. The summed E-state index contributed by atoms with van der Waals surface area (Å²) >= 11 is 0. The fourth-order valence-corrected chi connectivity index (χ4v) is 5.14. The number of amides is 1. The lowest BCUT2D eigenvalue weighted by Gasteiger charge is -2.22. The maximum absolute atomic E-state index is 13.4. The summed E-state index contributed by atoms with van der Waals surface area (Å²) in [5, 5.41) is 0. The van der Waals surface area contributed by atoms with Gasteiger partial charge in [0.1, 0.15) is 5.75 Å². The van der Waals surface area contributed by atoms with E-state index in [4.69, 9.17) is 4.74 Å². The van der Waals surface area contributed by atoms with Gasteiger partial charge in [-0.3, -0.25) is 4.79 Å². The molecule has 0 saturated carbocycles. The number of hydrogen-bond acceptors (Lipinski definition) is 4. The first kappa shape index (κ1) is 22.0. The molecule has 1 fully saturated rings. The minimum absolute atomic E-state index is 0.0346. The first-order valence-electron chi connectivity index (χ1n) is 10.5. The van der Waals surface area contributed by atoms with Gasteiger partial charge in [0, 0.05) is 13.0 Å². The molecule has 1 aliphatic heterocycles. The number of benzene rings is 3. The van der Waals surface area contributed by atoms with Gasteiger partial charge < -0.3 is 9.64 Å². The highest BCUT2D eigenvalue weighted by atomic mass is 32.2. The lowest BCUT2D eigenvalue weighted by molar-refractivity contribution is -0.117. The van der Waals surface area contributed by atoms with Crippen LogP contribution >= 0.6 is 0 Å². The van der Waals surface area contributed by atoms with E-state index in [2.05, 4.69) is 4.72 Å². The Hall–Kier alpha value is -3.16. The van der Waals surface area contributed by atoms with Crippen LogP contribution in [0.4, 0.5) is 5.69 Å². The minimum atomic E-state index is -3.90. The van der Waals surface area contributed by atoms with E-state index in [9.17, 15) is 13.2 Å². The van der Waals surface area contributed by atoms with E-state index in [1.807, 2.05) is 61.5 Å². The molecule has 1 N–H and O–H groups in total. The van der Waals surface area contributed by atoms with Crippen LogP contribution in [0.25, 0.3) is 0 Å². The van der Waals surface area contributed by atoms with Crippen LogP contribution < -0.4 is 14.4 Å². The monoisotopic (exact) mass is 450 g/mol. The van der Waals surface area contributed by atoms with Gasteiger partial charge in [-0.15, -0.1) is 0 Å². The Bertz CT molecular complexity index is 1210. The summed E-state index contributed by atoms with van der Waals surface area (Å²) < 4.78 is 35.1. The highest BCUT2D eigenvalue weighted by Gasteiger charge is 2.28. The van der Waals surface area contributed by atoms with Gasteiger partial charge in [-0.05, 0) is 42.7 Å². The molecule has 3 aromatic rings. The molecule has 1 aliphatic rings. The van der Waals surface area contributed by atoms with E-state index < -0.39 is 16.1 Å². The Morgan fingerprint density at radius 2 is 1.66 bits per heavy atom. The van der Waals surface area contributed by atoms with Crippen LogP contribution in [-0.2, 0) is 14.8 Å². The molecular formula is C25H26N2O4S. The summed E-state index contributed by atoms with van der Waals surface area (Å²) in [5.74, 6) is 0.435. The summed E-state index contributed by atoms with van der Waals surface area (Å²) in [6, 6.07) is 21.3. The van der Waals surface area contributed by atoms with Gasteiger partial charge in [0.25, 0.3) is 0 Å². The van der Waals surface area contributed by atoms with E-state index in [0.29, 0.717) is 24.4 Å². The molecule has 4 rings (SSSR count). The molecule has 0 spiro atoms. The third-order valence-electron chi connectivity index (χ3n) is 5.64. The van der Waals surface area contributed by atoms with Gasteiger partial charge in [0.15, 0.2) is 0 Å². The lowest BCUT2D eigenvalue weighted by Crippen LogP contribution is -2.30. The van der Waals surface area contributed by atoms with Crippen molar-refractivity contribution in [2.24, 2.45) is 0 Å². The van der Waals surface area contributed by atoms with Crippen molar-refractivity contribution in [2.75, 3.05) is 18.6 Å². The smallest absolute Gasteiger partial charge is 0.241 e. The van der Waals surface area contributed by atoms with Crippen LogP contribution in [0.2, 0.25) is 0 Å². The molecule has 166 valence electrons. The van der Waals surface area contributed by atoms with Crippen LogP contribution in [0.1, 0.15) is 35.6 Å². The summed E-state index contributed by atoms with van der Waals surface area (Å²) in [6.45, 7) is 2.53. The van der Waals surface area contributed by atoms with Crippen molar-refractivity contribution < 1.29 is 17.9 Å². The number of sulfonamides is 1. The molecule has 1 heterocycles. The number of anilines is 1. The van der Waals surface area contributed by atoms with Crippen LogP contribution in [0, 0.1) is 6.92 Å². The maximum atomic E-state index is 13.4. The van der Waals surface area contributed by atoms with E-state index in [0.717, 1.165) is 23.1 Å². The van der Waals surface area contributed by atoms with Gasteiger partial charge in [-0.25, -0.2) is 8.42 Å².